The quantitative estimate of drug-likeness (QED) is 0.762. The largest absolute Gasteiger partial charge is 0.324 e. The first-order valence-electron chi connectivity index (χ1n) is 4.46. The number of nitrogens with two attached hydrogens (primary N) is 1. The van der Waals surface area contributed by atoms with Crippen LogP contribution < -0.4 is 5.73 Å². The van der Waals surface area contributed by atoms with Gasteiger partial charge in [-0.25, -0.2) is 4.39 Å². The molecule has 76 valence electrons. The first-order valence-corrected chi connectivity index (χ1v) is 4.84. The number of allylic oxidation sites excluding steroid dienone is 1. The Morgan fingerprint density at radius 3 is 2.86 bits per heavy atom. The van der Waals surface area contributed by atoms with E-state index in [9.17, 15) is 4.39 Å². The van der Waals surface area contributed by atoms with E-state index in [-0.39, 0.29) is 11.9 Å². The van der Waals surface area contributed by atoms with Gasteiger partial charge in [0, 0.05) is 11.1 Å². The molecule has 14 heavy (non-hydrogen) atoms. The highest BCUT2D eigenvalue weighted by molar-refractivity contribution is 6.31. The van der Waals surface area contributed by atoms with Gasteiger partial charge in [0.2, 0.25) is 0 Å². The van der Waals surface area contributed by atoms with E-state index < -0.39 is 0 Å². The minimum absolute atomic E-state index is 0.152. The van der Waals surface area contributed by atoms with Gasteiger partial charge in [0.1, 0.15) is 5.82 Å². The number of halogens is 2. The Labute approximate surface area is 88.4 Å². The predicted molar refractivity (Wildman–Crippen MR) is 57.8 cm³/mol. The molecule has 0 fully saturated rings. The van der Waals surface area contributed by atoms with Gasteiger partial charge in [-0.1, -0.05) is 23.7 Å². The van der Waals surface area contributed by atoms with Crippen LogP contribution in [0.4, 0.5) is 4.39 Å². The molecule has 0 unspecified atom stereocenters. The summed E-state index contributed by atoms with van der Waals surface area (Å²) in [5, 5.41) is 0.390. The fourth-order valence-corrected chi connectivity index (χ4v) is 1.56. The fraction of sp³-hybridized carbons (Fsp3) is 0.273. The van der Waals surface area contributed by atoms with Gasteiger partial charge in [-0.05, 0) is 30.5 Å². The van der Waals surface area contributed by atoms with Crippen molar-refractivity contribution in [3.05, 3.63) is 47.3 Å². The van der Waals surface area contributed by atoms with Crippen LogP contribution in [0.1, 0.15) is 24.4 Å². The Morgan fingerprint density at radius 1 is 1.57 bits per heavy atom. The zero-order valence-corrected chi connectivity index (χ0v) is 8.60. The molecule has 0 saturated carbocycles. The monoisotopic (exact) mass is 213 g/mol. The van der Waals surface area contributed by atoms with Gasteiger partial charge >= 0.3 is 0 Å². The lowest BCUT2D eigenvalue weighted by molar-refractivity contribution is 0.621. The van der Waals surface area contributed by atoms with Gasteiger partial charge < -0.3 is 5.73 Å². The third-order valence-corrected chi connectivity index (χ3v) is 2.37. The molecule has 0 radical (unpaired) electrons. The van der Waals surface area contributed by atoms with E-state index in [4.69, 9.17) is 17.3 Å². The van der Waals surface area contributed by atoms with Crippen LogP contribution in [0.25, 0.3) is 0 Å². The molecular weight excluding hydrogens is 201 g/mol. The first-order chi connectivity index (χ1) is 6.65. The van der Waals surface area contributed by atoms with Crippen molar-refractivity contribution >= 4 is 11.6 Å². The number of hydrogen-bond acceptors (Lipinski definition) is 1. The molecular formula is C11H13ClFN. The topological polar surface area (TPSA) is 26.0 Å². The molecule has 1 aromatic carbocycles. The van der Waals surface area contributed by atoms with Crippen LogP contribution >= 0.6 is 11.6 Å². The second-order valence-corrected chi connectivity index (χ2v) is 3.55. The summed E-state index contributed by atoms with van der Waals surface area (Å²) in [7, 11) is 0. The standard InChI is InChI=1S/C11H13ClFN/c1-2-3-4-11(14)9-6-5-8(13)7-10(9)12/h2,5-7,11H,1,3-4,14H2/t11-/m1/s1. The van der Waals surface area contributed by atoms with Crippen molar-refractivity contribution in [2.24, 2.45) is 5.73 Å². The third-order valence-electron chi connectivity index (χ3n) is 2.04. The van der Waals surface area contributed by atoms with E-state index in [1.54, 1.807) is 12.1 Å². The van der Waals surface area contributed by atoms with E-state index >= 15 is 0 Å². The Hall–Kier alpha value is -0.860. The summed E-state index contributed by atoms with van der Waals surface area (Å²) in [6, 6.07) is 4.13. The van der Waals surface area contributed by atoms with Crippen molar-refractivity contribution in [2.45, 2.75) is 18.9 Å². The molecule has 0 aliphatic rings. The van der Waals surface area contributed by atoms with Gasteiger partial charge in [-0.2, -0.15) is 0 Å². The molecule has 0 saturated heterocycles. The number of benzene rings is 1. The van der Waals surface area contributed by atoms with Crippen molar-refractivity contribution in [1.29, 1.82) is 0 Å². The van der Waals surface area contributed by atoms with E-state index in [1.165, 1.54) is 12.1 Å². The number of rotatable bonds is 4. The Kier molecular flexibility index (Phi) is 4.11. The molecule has 0 amide bonds. The lowest BCUT2D eigenvalue weighted by atomic mass is 10.0. The van der Waals surface area contributed by atoms with Crippen LogP contribution in [-0.2, 0) is 0 Å². The van der Waals surface area contributed by atoms with E-state index in [0.29, 0.717) is 5.02 Å². The van der Waals surface area contributed by atoms with Gasteiger partial charge in [0.15, 0.2) is 0 Å². The zero-order chi connectivity index (χ0) is 10.6. The highest BCUT2D eigenvalue weighted by Crippen LogP contribution is 2.25. The minimum atomic E-state index is -0.338. The highest BCUT2D eigenvalue weighted by atomic mass is 35.5. The zero-order valence-electron chi connectivity index (χ0n) is 7.84. The first kappa shape index (κ1) is 11.2. The molecule has 1 atom stereocenters. The highest BCUT2D eigenvalue weighted by Gasteiger charge is 2.09. The third kappa shape index (κ3) is 2.82. The van der Waals surface area contributed by atoms with Crippen LogP contribution in [0.3, 0.4) is 0 Å². The second-order valence-electron chi connectivity index (χ2n) is 3.14. The maximum absolute atomic E-state index is 12.7. The average molecular weight is 214 g/mol. The fourth-order valence-electron chi connectivity index (χ4n) is 1.26. The summed E-state index contributed by atoms with van der Waals surface area (Å²) in [6.07, 6.45) is 3.40. The van der Waals surface area contributed by atoms with Gasteiger partial charge in [0.25, 0.3) is 0 Å². The Morgan fingerprint density at radius 2 is 2.29 bits per heavy atom. The van der Waals surface area contributed by atoms with Crippen LogP contribution in [0.2, 0.25) is 5.02 Å². The van der Waals surface area contributed by atoms with Gasteiger partial charge in [-0.15, -0.1) is 6.58 Å². The van der Waals surface area contributed by atoms with E-state index in [1.807, 2.05) is 0 Å². The maximum atomic E-state index is 12.7. The Balaban J connectivity index is 2.78. The van der Waals surface area contributed by atoms with Crippen LogP contribution in [0.15, 0.2) is 30.9 Å². The maximum Gasteiger partial charge on any atom is 0.124 e. The van der Waals surface area contributed by atoms with Crippen LogP contribution in [0, 0.1) is 5.82 Å². The molecule has 3 heteroatoms. The number of hydrogen-bond donors (Lipinski definition) is 1. The van der Waals surface area contributed by atoms with Crippen molar-refractivity contribution in [1.82, 2.24) is 0 Å². The van der Waals surface area contributed by atoms with Crippen LogP contribution in [0.5, 0.6) is 0 Å². The van der Waals surface area contributed by atoms with E-state index in [0.717, 1.165) is 18.4 Å². The lowest BCUT2D eigenvalue weighted by Crippen LogP contribution is -2.10. The smallest absolute Gasteiger partial charge is 0.124 e. The van der Waals surface area contributed by atoms with Crippen molar-refractivity contribution in [3.63, 3.8) is 0 Å². The molecule has 0 aliphatic carbocycles. The summed E-state index contributed by atoms with van der Waals surface area (Å²) in [6.45, 7) is 3.61. The molecule has 1 nitrogen and oxygen atoms in total. The molecule has 0 heterocycles. The molecule has 0 aliphatic heterocycles. The van der Waals surface area contributed by atoms with Gasteiger partial charge in [0.05, 0.1) is 0 Å². The molecule has 1 rings (SSSR count). The minimum Gasteiger partial charge on any atom is -0.324 e. The summed E-state index contributed by atoms with van der Waals surface area (Å²) in [5.41, 5.74) is 6.66. The van der Waals surface area contributed by atoms with E-state index in [2.05, 4.69) is 6.58 Å². The molecule has 0 bridgehead atoms. The molecule has 2 N–H and O–H groups in total. The summed E-state index contributed by atoms with van der Waals surface area (Å²) in [5.74, 6) is -0.338. The molecule has 0 aromatic heterocycles. The van der Waals surface area contributed by atoms with Crippen molar-refractivity contribution < 1.29 is 4.39 Å². The van der Waals surface area contributed by atoms with Crippen LogP contribution in [-0.4, -0.2) is 0 Å². The summed E-state index contributed by atoms with van der Waals surface area (Å²) >= 11 is 5.86. The van der Waals surface area contributed by atoms with Crippen molar-refractivity contribution in [3.8, 4) is 0 Å². The molecule has 1 aromatic rings. The Bertz CT molecular complexity index is 325. The normalized spacial score (nSPS) is 12.5. The predicted octanol–water partition coefficient (Wildman–Crippen LogP) is 3.45. The second kappa shape index (κ2) is 5.13. The SMILES string of the molecule is C=CCC[C@@H](N)c1ccc(F)cc1Cl. The summed E-state index contributed by atoms with van der Waals surface area (Å²) < 4.78 is 12.7. The van der Waals surface area contributed by atoms with Gasteiger partial charge in [-0.3, -0.25) is 0 Å². The molecule has 0 spiro atoms. The average Bonchev–Trinajstić information content (AvgIpc) is 2.14. The summed E-state index contributed by atoms with van der Waals surface area (Å²) in [4.78, 5) is 0. The van der Waals surface area contributed by atoms with Crippen molar-refractivity contribution in [2.75, 3.05) is 0 Å². The lowest BCUT2D eigenvalue weighted by Gasteiger charge is -2.12.